The average Bonchev–Trinajstić information content (AvgIpc) is 2.85. The molecular formula is C15H24N2O2S. The molecule has 1 aliphatic heterocycles. The molecule has 2 heterocycles. The molecule has 4 nitrogen and oxygen atoms in total. The lowest BCUT2D eigenvalue weighted by Gasteiger charge is -2.42. The minimum Gasteiger partial charge on any atom is -0.481 e. The van der Waals surface area contributed by atoms with Crippen LogP contribution in [0.1, 0.15) is 56.3 Å². The third-order valence-corrected chi connectivity index (χ3v) is 5.19. The molecule has 1 saturated heterocycles. The molecule has 1 aromatic heterocycles. The number of rotatable bonds is 5. The van der Waals surface area contributed by atoms with Gasteiger partial charge in [0.2, 0.25) is 0 Å². The van der Waals surface area contributed by atoms with Crippen molar-refractivity contribution in [2.24, 2.45) is 5.41 Å². The van der Waals surface area contributed by atoms with E-state index >= 15 is 0 Å². The van der Waals surface area contributed by atoms with E-state index in [0.717, 1.165) is 42.9 Å². The fraction of sp³-hybridized carbons (Fsp3) is 0.733. The first-order valence-corrected chi connectivity index (χ1v) is 8.26. The van der Waals surface area contributed by atoms with Gasteiger partial charge < -0.3 is 5.11 Å². The normalized spacial score (nSPS) is 25.6. The van der Waals surface area contributed by atoms with Crippen molar-refractivity contribution in [2.45, 2.75) is 52.5 Å². The lowest BCUT2D eigenvalue weighted by molar-refractivity contribution is -0.154. The van der Waals surface area contributed by atoms with Crippen LogP contribution in [0.25, 0.3) is 0 Å². The SMILES string of the molecule is CCCC1(C(=O)O)CCCN(C(C)c2csc(C)n2)C1. The fourth-order valence-electron chi connectivity index (χ4n) is 3.22. The molecule has 0 spiro atoms. The Balaban J connectivity index is 2.15. The number of piperidine rings is 1. The highest BCUT2D eigenvalue weighted by Crippen LogP contribution is 2.38. The molecule has 0 aromatic carbocycles. The predicted octanol–water partition coefficient (Wildman–Crippen LogP) is 3.48. The molecule has 2 atom stereocenters. The highest BCUT2D eigenvalue weighted by molar-refractivity contribution is 7.09. The largest absolute Gasteiger partial charge is 0.481 e. The summed E-state index contributed by atoms with van der Waals surface area (Å²) < 4.78 is 0. The summed E-state index contributed by atoms with van der Waals surface area (Å²) in [5.74, 6) is -0.634. The van der Waals surface area contributed by atoms with Crippen molar-refractivity contribution >= 4 is 17.3 Å². The third kappa shape index (κ3) is 3.04. The minimum absolute atomic E-state index is 0.204. The van der Waals surface area contributed by atoms with Gasteiger partial charge in [-0.3, -0.25) is 9.69 Å². The van der Waals surface area contributed by atoms with E-state index < -0.39 is 11.4 Å². The van der Waals surface area contributed by atoms with Crippen LogP contribution in [0.5, 0.6) is 0 Å². The molecule has 0 amide bonds. The fourth-order valence-corrected chi connectivity index (χ4v) is 3.92. The number of hydrogen-bond acceptors (Lipinski definition) is 4. The summed E-state index contributed by atoms with van der Waals surface area (Å²) in [6.07, 6.45) is 3.45. The first-order valence-electron chi connectivity index (χ1n) is 7.38. The van der Waals surface area contributed by atoms with Crippen molar-refractivity contribution in [1.29, 1.82) is 0 Å². The minimum atomic E-state index is -0.634. The van der Waals surface area contributed by atoms with Crippen molar-refractivity contribution in [3.8, 4) is 0 Å². The van der Waals surface area contributed by atoms with Crippen LogP contribution in [0.15, 0.2) is 5.38 Å². The summed E-state index contributed by atoms with van der Waals surface area (Å²) >= 11 is 1.66. The Morgan fingerprint density at radius 1 is 1.65 bits per heavy atom. The van der Waals surface area contributed by atoms with Crippen LogP contribution < -0.4 is 0 Å². The summed E-state index contributed by atoms with van der Waals surface area (Å²) in [5, 5.41) is 12.8. The standard InChI is InChI=1S/C15H24N2O2S/c1-4-6-15(14(18)19)7-5-8-17(10-15)11(2)13-9-20-12(3)16-13/h9,11H,4-8,10H2,1-3H3,(H,18,19). The van der Waals surface area contributed by atoms with Crippen molar-refractivity contribution in [1.82, 2.24) is 9.88 Å². The topological polar surface area (TPSA) is 53.4 Å². The van der Waals surface area contributed by atoms with Gasteiger partial charge in [-0.2, -0.15) is 0 Å². The van der Waals surface area contributed by atoms with E-state index in [4.69, 9.17) is 0 Å². The first kappa shape index (κ1) is 15.4. The van der Waals surface area contributed by atoms with Gasteiger partial charge in [0.25, 0.3) is 0 Å². The predicted molar refractivity (Wildman–Crippen MR) is 81.0 cm³/mol. The van der Waals surface area contributed by atoms with Gasteiger partial charge >= 0.3 is 5.97 Å². The molecule has 2 rings (SSSR count). The number of thiazole rings is 1. The van der Waals surface area contributed by atoms with E-state index in [0.29, 0.717) is 6.54 Å². The second-order valence-electron chi connectivity index (χ2n) is 5.88. The third-order valence-electron chi connectivity index (χ3n) is 4.40. The zero-order chi connectivity index (χ0) is 14.8. The number of carbonyl (C=O) groups is 1. The van der Waals surface area contributed by atoms with Crippen molar-refractivity contribution in [3.05, 3.63) is 16.1 Å². The number of hydrogen-bond donors (Lipinski definition) is 1. The molecular weight excluding hydrogens is 272 g/mol. The van der Waals surface area contributed by atoms with Gasteiger partial charge in [-0.15, -0.1) is 11.3 Å². The van der Waals surface area contributed by atoms with Gasteiger partial charge in [-0.25, -0.2) is 4.98 Å². The van der Waals surface area contributed by atoms with Crippen LogP contribution in [-0.4, -0.2) is 34.0 Å². The summed E-state index contributed by atoms with van der Waals surface area (Å²) in [6, 6.07) is 0.204. The number of nitrogens with zero attached hydrogens (tertiary/aromatic N) is 2. The Labute approximate surface area is 124 Å². The highest BCUT2D eigenvalue weighted by atomic mass is 32.1. The van der Waals surface area contributed by atoms with Gasteiger partial charge in [-0.05, 0) is 39.7 Å². The number of aliphatic carboxylic acids is 1. The molecule has 0 bridgehead atoms. The second kappa shape index (κ2) is 6.22. The summed E-state index contributed by atoms with van der Waals surface area (Å²) in [4.78, 5) is 18.6. The zero-order valence-electron chi connectivity index (χ0n) is 12.6. The maximum atomic E-state index is 11.7. The van der Waals surface area contributed by atoms with Crippen LogP contribution in [-0.2, 0) is 4.79 Å². The van der Waals surface area contributed by atoms with Crippen LogP contribution >= 0.6 is 11.3 Å². The first-order chi connectivity index (χ1) is 9.48. The number of carboxylic acid groups (broad SMARTS) is 1. The van der Waals surface area contributed by atoms with Gasteiger partial charge in [0, 0.05) is 11.9 Å². The van der Waals surface area contributed by atoms with Gasteiger partial charge in [0.1, 0.15) is 0 Å². The zero-order valence-corrected chi connectivity index (χ0v) is 13.4. The van der Waals surface area contributed by atoms with Crippen molar-refractivity contribution < 1.29 is 9.90 Å². The molecule has 2 unspecified atom stereocenters. The molecule has 1 fully saturated rings. The van der Waals surface area contributed by atoms with E-state index in [-0.39, 0.29) is 6.04 Å². The Morgan fingerprint density at radius 3 is 2.95 bits per heavy atom. The number of likely N-dealkylation sites (tertiary alicyclic amines) is 1. The molecule has 1 aromatic rings. The Hall–Kier alpha value is -0.940. The molecule has 20 heavy (non-hydrogen) atoms. The molecule has 5 heteroatoms. The Bertz CT molecular complexity index is 470. The van der Waals surface area contributed by atoms with Gasteiger partial charge in [0.15, 0.2) is 0 Å². The monoisotopic (exact) mass is 296 g/mol. The maximum absolute atomic E-state index is 11.7. The van der Waals surface area contributed by atoms with E-state index in [1.807, 2.05) is 6.92 Å². The van der Waals surface area contributed by atoms with Crippen LogP contribution in [0.4, 0.5) is 0 Å². The molecule has 0 saturated carbocycles. The maximum Gasteiger partial charge on any atom is 0.310 e. The summed E-state index contributed by atoms with van der Waals surface area (Å²) in [5.41, 5.74) is 0.511. The molecule has 112 valence electrons. The van der Waals surface area contributed by atoms with Crippen molar-refractivity contribution in [2.75, 3.05) is 13.1 Å². The number of carboxylic acids is 1. The van der Waals surface area contributed by atoms with E-state index in [1.165, 1.54) is 0 Å². The van der Waals surface area contributed by atoms with Crippen LogP contribution in [0.3, 0.4) is 0 Å². The summed E-state index contributed by atoms with van der Waals surface area (Å²) in [6.45, 7) is 7.83. The van der Waals surface area contributed by atoms with Gasteiger partial charge in [0.05, 0.1) is 22.2 Å². The Kier molecular flexibility index (Phi) is 4.81. The van der Waals surface area contributed by atoms with Crippen LogP contribution in [0.2, 0.25) is 0 Å². The van der Waals surface area contributed by atoms with Crippen molar-refractivity contribution in [3.63, 3.8) is 0 Å². The number of aryl methyl sites for hydroxylation is 1. The molecule has 1 aliphatic rings. The quantitative estimate of drug-likeness (QED) is 0.904. The Morgan fingerprint density at radius 2 is 2.40 bits per heavy atom. The average molecular weight is 296 g/mol. The van der Waals surface area contributed by atoms with E-state index in [9.17, 15) is 9.90 Å². The van der Waals surface area contributed by atoms with Crippen LogP contribution in [0, 0.1) is 12.3 Å². The molecule has 0 radical (unpaired) electrons. The summed E-state index contributed by atoms with van der Waals surface area (Å²) in [7, 11) is 0. The smallest absolute Gasteiger partial charge is 0.310 e. The second-order valence-corrected chi connectivity index (χ2v) is 6.94. The number of aromatic nitrogens is 1. The lowest BCUT2D eigenvalue weighted by atomic mass is 9.76. The molecule has 1 N–H and O–H groups in total. The van der Waals surface area contributed by atoms with E-state index in [2.05, 4.69) is 29.1 Å². The van der Waals surface area contributed by atoms with E-state index in [1.54, 1.807) is 11.3 Å². The van der Waals surface area contributed by atoms with Gasteiger partial charge in [-0.1, -0.05) is 13.3 Å². The highest BCUT2D eigenvalue weighted by Gasteiger charge is 2.42. The lowest BCUT2D eigenvalue weighted by Crippen LogP contribution is -2.48. The molecule has 0 aliphatic carbocycles.